The highest BCUT2D eigenvalue weighted by Crippen LogP contribution is 2.50. The summed E-state index contributed by atoms with van der Waals surface area (Å²) in [5.74, 6) is 2.49. The molecule has 0 amide bonds. The molecule has 0 radical (unpaired) electrons. The third-order valence-electron chi connectivity index (χ3n) is 4.19. The number of fused-ring (bicyclic) bond motifs is 5. The maximum atomic E-state index is 6.27. The Labute approximate surface area is 128 Å². The Morgan fingerprint density at radius 3 is 2.50 bits per heavy atom. The van der Waals surface area contributed by atoms with E-state index < -0.39 is 0 Å². The van der Waals surface area contributed by atoms with Gasteiger partial charge in [0.25, 0.3) is 0 Å². The van der Waals surface area contributed by atoms with E-state index in [0.717, 1.165) is 35.2 Å². The molecule has 0 N–H and O–H groups in total. The van der Waals surface area contributed by atoms with Crippen molar-refractivity contribution < 1.29 is 4.74 Å². The molecule has 1 fully saturated rings. The van der Waals surface area contributed by atoms with Crippen molar-refractivity contribution in [2.24, 2.45) is 0 Å². The third-order valence-corrected chi connectivity index (χ3v) is 4.70. The van der Waals surface area contributed by atoms with Crippen LogP contribution in [0.4, 0.5) is 0 Å². The van der Waals surface area contributed by atoms with Gasteiger partial charge in [-0.15, -0.1) is 0 Å². The maximum Gasteiger partial charge on any atom is 0.131 e. The molecule has 2 heterocycles. The van der Waals surface area contributed by atoms with Crippen LogP contribution in [0.3, 0.4) is 0 Å². The number of benzene rings is 2. The van der Waals surface area contributed by atoms with Gasteiger partial charge < -0.3 is 4.74 Å². The molecule has 0 aliphatic carbocycles. The topological polar surface area (TPSA) is 12.5 Å². The van der Waals surface area contributed by atoms with Crippen molar-refractivity contribution in [3.05, 3.63) is 58.6 Å². The first-order valence-electron chi connectivity index (χ1n) is 6.69. The fourth-order valence-electron chi connectivity index (χ4n) is 3.29. The second-order valence-corrected chi connectivity index (χ2v) is 6.28. The van der Waals surface area contributed by atoms with E-state index in [2.05, 4.69) is 12.1 Å². The average Bonchev–Trinajstić information content (AvgIpc) is 2.78. The van der Waals surface area contributed by atoms with Gasteiger partial charge in [0.15, 0.2) is 0 Å². The molecule has 20 heavy (non-hydrogen) atoms. The largest absolute Gasteiger partial charge is 0.457 e. The quantitative estimate of drug-likeness (QED) is 0.649. The van der Waals surface area contributed by atoms with Crippen molar-refractivity contribution in [3.63, 3.8) is 0 Å². The van der Waals surface area contributed by atoms with Gasteiger partial charge in [-0.1, -0.05) is 29.8 Å². The number of hydrogen-bond donors (Lipinski definition) is 0. The van der Waals surface area contributed by atoms with Gasteiger partial charge >= 0.3 is 0 Å². The smallest absolute Gasteiger partial charge is 0.131 e. The predicted octanol–water partition coefficient (Wildman–Crippen LogP) is 4.78. The van der Waals surface area contributed by atoms with Gasteiger partial charge in [0.2, 0.25) is 0 Å². The second kappa shape index (κ2) is 4.66. The van der Waals surface area contributed by atoms with E-state index in [0.29, 0.717) is 11.8 Å². The van der Waals surface area contributed by atoms with Crippen LogP contribution < -0.4 is 4.74 Å². The van der Waals surface area contributed by atoms with Crippen LogP contribution in [0.1, 0.15) is 23.0 Å². The summed E-state index contributed by atoms with van der Waals surface area (Å²) in [5, 5.41) is 0.741. The molecule has 2 aromatic carbocycles. The zero-order chi connectivity index (χ0) is 13.7. The van der Waals surface area contributed by atoms with E-state index in [1.54, 1.807) is 0 Å². The molecule has 0 bridgehead atoms. The Kier molecular flexibility index (Phi) is 2.92. The van der Waals surface area contributed by atoms with Gasteiger partial charge in [0.05, 0.1) is 0 Å². The van der Waals surface area contributed by atoms with E-state index in [1.807, 2.05) is 34.8 Å². The third kappa shape index (κ3) is 1.91. The summed E-state index contributed by atoms with van der Waals surface area (Å²) in [7, 11) is 0. The van der Waals surface area contributed by atoms with Crippen molar-refractivity contribution in [2.75, 3.05) is 13.1 Å². The summed E-state index contributed by atoms with van der Waals surface area (Å²) in [6.45, 7) is 1.65. The fourth-order valence-corrected chi connectivity index (χ4v) is 3.76. The van der Waals surface area contributed by atoms with E-state index in [1.165, 1.54) is 5.56 Å². The fraction of sp³-hybridized carbons (Fsp3) is 0.250. The highest BCUT2D eigenvalue weighted by molar-refractivity contribution is 6.30. The minimum absolute atomic E-state index is 0.324. The maximum absolute atomic E-state index is 6.27. The SMILES string of the molecule is Clc1ccc2c(c1)[C@H]1CN(Cl)C[C@@H]1c1ccccc1O2. The van der Waals surface area contributed by atoms with Crippen LogP contribution in [-0.2, 0) is 0 Å². The van der Waals surface area contributed by atoms with Crippen LogP contribution in [-0.4, -0.2) is 17.5 Å². The Bertz CT molecular complexity index is 673. The minimum atomic E-state index is 0.324. The molecule has 102 valence electrons. The molecule has 0 unspecified atom stereocenters. The first-order chi connectivity index (χ1) is 9.72. The van der Waals surface area contributed by atoms with Crippen molar-refractivity contribution in [1.29, 1.82) is 0 Å². The number of nitrogens with zero attached hydrogens (tertiary/aromatic N) is 1. The molecule has 4 rings (SSSR count). The molecule has 4 heteroatoms. The standard InChI is InChI=1S/C16H13Cl2NO/c17-10-5-6-16-12(7-10)14-9-19(18)8-13(14)11-3-1-2-4-15(11)20-16/h1-7,13-14H,8-9H2/t13-,14-/m1/s1. The van der Waals surface area contributed by atoms with Crippen LogP contribution in [0.25, 0.3) is 0 Å². The minimum Gasteiger partial charge on any atom is -0.457 e. The molecule has 0 saturated carbocycles. The van der Waals surface area contributed by atoms with Gasteiger partial charge in [-0.25, -0.2) is 4.42 Å². The molecule has 0 aromatic heterocycles. The van der Waals surface area contributed by atoms with Gasteiger partial charge in [-0.2, -0.15) is 0 Å². The van der Waals surface area contributed by atoms with Gasteiger partial charge in [0.1, 0.15) is 11.5 Å². The van der Waals surface area contributed by atoms with Crippen LogP contribution in [0.5, 0.6) is 11.5 Å². The first kappa shape index (κ1) is 12.5. The lowest BCUT2D eigenvalue weighted by molar-refractivity contribution is 0.470. The second-order valence-electron chi connectivity index (χ2n) is 5.36. The number of para-hydroxylation sites is 1. The lowest BCUT2D eigenvalue weighted by Crippen LogP contribution is -2.07. The van der Waals surface area contributed by atoms with Crippen molar-refractivity contribution >= 4 is 23.4 Å². The van der Waals surface area contributed by atoms with Crippen molar-refractivity contribution in [1.82, 2.24) is 4.42 Å². The van der Waals surface area contributed by atoms with Crippen LogP contribution in [0.15, 0.2) is 42.5 Å². The molecule has 2 nitrogen and oxygen atoms in total. The van der Waals surface area contributed by atoms with Gasteiger partial charge in [0, 0.05) is 35.5 Å². The lowest BCUT2D eigenvalue weighted by Gasteiger charge is -2.17. The van der Waals surface area contributed by atoms with Gasteiger partial charge in [-0.3, -0.25) is 0 Å². The zero-order valence-electron chi connectivity index (χ0n) is 10.7. The number of ether oxygens (including phenoxy) is 1. The highest BCUT2D eigenvalue weighted by Gasteiger charge is 2.39. The molecule has 2 aliphatic rings. The van der Waals surface area contributed by atoms with E-state index in [9.17, 15) is 0 Å². The number of rotatable bonds is 0. The molecule has 2 aromatic rings. The Morgan fingerprint density at radius 1 is 0.950 bits per heavy atom. The lowest BCUT2D eigenvalue weighted by atomic mass is 9.84. The molecule has 2 atom stereocenters. The highest BCUT2D eigenvalue weighted by atomic mass is 35.5. The summed E-state index contributed by atoms with van der Waals surface area (Å²) in [4.78, 5) is 0. The monoisotopic (exact) mass is 305 g/mol. The average molecular weight is 306 g/mol. The van der Waals surface area contributed by atoms with Crippen LogP contribution in [0.2, 0.25) is 5.02 Å². The Balaban J connectivity index is 1.93. The van der Waals surface area contributed by atoms with Crippen LogP contribution in [0, 0.1) is 0 Å². The van der Waals surface area contributed by atoms with E-state index >= 15 is 0 Å². The van der Waals surface area contributed by atoms with E-state index in [-0.39, 0.29) is 0 Å². The normalized spacial score (nSPS) is 24.3. The first-order valence-corrected chi connectivity index (χ1v) is 7.41. The molecular weight excluding hydrogens is 293 g/mol. The Hall–Kier alpha value is -1.22. The van der Waals surface area contributed by atoms with Crippen LogP contribution >= 0.6 is 23.4 Å². The summed E-state index contributed by atoms with van der Waals surface area (Å²) >= 11 is 12.4. The van der Waals surface area contributed by atoms with Crippen molar-refractivity contribution in [2.45, 2.75) is 11.8 Å². The van der Waals surface area contributed by atoms with Gasteiger partial charge in [-0.05, 0) is 41.6 Å². The molecule has 2 aliphatic heterocycles. The molecule has 0 spiro atoms. The number of halogens is 2. The number of hydrogen-bond acceptors (Lipinski definition) is 2. The summed E-state index contributed by atoms with van der Waals surface area (Å²) in [5.41, 5.74) is 2.38. The van der Waals surface area contributed by atoms with E-state index in [4.69, 9.17) is 28.1 Å². The van der Waals surface area contributed by atoms with Crippen molar-refractivity contribution in [3.8, 4) is 11.5 Å². The zero-order valence-corrected chi connectivity index (χ0v) is 12.2. The molecular formula is C16H13Cl2NO. The summed E-state index contributed by atoms with van der Waals surface area (Å²) in [6.07, 6.45) is 0. The molecule has 1 saturated heterocycles. The Morgan fingerprint density at radius 2 is 1.65 bits per heavy atom. The predicted molar refractivity (Wildman–Crippen MR) is 80.9 cm³/mol. The summed E-state index contributed by atoms with van der Waals surface area (Å²) < 4.78 is 7.97. The summed E-state index contributed by atoms with van der Waals surface area (Å²) in [6, 6.07) is 14.0.